The molecule has 0 bridgehead atoms. The summed E-state index contributed by atoms with van der Waals surface area (Å²) in [6.45, 7) is 1.33. The van der Waals surface area contributed by atoms with Crippen LogP contribution in [0.25, 0.3) is 10.8 Å². The van der Waals surface area contributed by atoms with Crippen LogP contribution in [0.5, 0.6) is 0 Å². The molecule has 0 aliphatic heterocycles. The van der Waals surface area contributed by atoms with E-state index in [1.165, 1.54) is 6.92 Å². The fourth-order valence-corrected chi connectivity index (χ4v) is 2.52. The van der Waals surface area contributed by atoms with Crippen LogP contribution in [0, 0.1) is 0 Å². The molecule has 0 radical (unpaired) electrons. The van der Waals surface area contributed by atoms with Gasteiger partial charge < -0.3 is 0 Å². The van der Waals surface area contributed by atoms with Gasteiger partial charge in [-0.05, 0) is 23.8 Å². The second-order valence-corrected chi connectivity index (χ2v) is 5.47. The van der Waals surface area contributed by atoms with E-state index in [9.17, 15) is 9.59 Å². The smallest absolute Gasteiger partial charge is 0.273 e. The summed E-state index contributed by atoms with van der Waals surface area (Å²) in [5, 5.41) is 6.16. The summed E-state index contributed by atoms with van der Waals surface area (Å²) < 4.78 is 0.924. The van der Waals surface area contributed by atoms with Gasteiger partial charge in [0.25, 0.3) is 5.56 Å². The molecule has 5 heteroatoms. The summed E-state index contributed by atoms with van der Waals surface area (Å²) in [5.74, 6) is -0.395. The van der Waals surface area contributed by atoms with Crippen LogP contribution in [0.15, 0.2) is 53.3 Å². The predicted octanol–water partition coefficient (Wildman–Crippen LogP) is 3.30. The van der Waals surface area contributed by atoms with E-state index in [0.29, 0.717) is 22.5 Å². The number of aromatic nitrogens is 2. The molecule has 0 aliphatic rings. The zero-order valence-corrected chi connectivity index (χ0v) is 12.7. The lowest BCUT2D eigenvalue weighted by molar-refractivity contribution is 0.0915. The normalized spacial score (nSPS) is 10.8. The third-order valence-corrected chi connectivity index (χ3v) is 3.72. The fraction of sp³-hybridized carbons (Fsp3) is 0.118. The number of benzene rings is 2. The van der Waals surface area contributed by atoms with E-state index < -0.39 is 5.91 Å². The maximum Gasteiger partial charge on any atom is 0.281 e. The number of fused-ring (bicyclic) bond motifs is 1. The van der Waals surface area contributed by atoms with E-state index in [1.54, 1.807) is 24.3 Å². The van der Waals surface area contributed by atoms with Crippen molar-refractivity contribution >= 4 is 28.3 Å². The van der Waals surface area contributed by atoms with E-state index in [2.05, 4.69) is 5.10 Å². The Kier molecular flexibility index (Phi) is 3.77. The second kappa shape index (κ2) is 5.73. The van der Waals surface area contributed by atoms with Gasteiger partial charge in [-0.25, -0.2) is 0 Å². The molecule has 1 aromatic heterocycles. The van der Waals surface area contributed by atoms with Gasteiger partial charge in [0.2, 0.25) is 5.91 Å². The highest BCUT2D eigenvalue weighted by atomic mass is 35.5. The van der Waals surface area contributed by atoms with Crippen LogP contribution in [0.2, 0.25) is 5.02 Å². The highest BCUT2D eigenvalue weighted by Crippen LogP contribution is 2.18. The third kappa shape index (κ3) is 2.65. The lowest BCUT2D eigenvalue weighted by atomic mass is 10.0. The summed E-state index contributed by atoms with van der Waals surface area (Å²) in [4.78, 5) is 23.9. The van der Waals surface area contributed by atoms with Crippen LogP contribution < -0.4 is 5.56 Å². The standard InChI is InChI=1S/C17H13ClN2O2/c1-11(21)20-17(22)15-5-3-2-4-14(15)16(19-20)10-12-6-8-13(18)9-7-12/h2-9H,10H2,1H3. The lowest BCUT2D eigenvalue weighted by Crippen LogP contribution is -2.28. The van der Waals surface area contributed by atoms with Crippen molar-refractivity contribution in [2.24, 2.45) is 0 Å². The molecule has 0 fully saturated rings. The van der Waals surface area contributed by atoms with Gasteiger partial charge in [-0.1, -0.05) is 41.9 Å². The monoisotopic (exact) mass is 312 g/mol. The van der Waals surface area contributed by atoms with Crippen molar-refractivity contribution in [3.63, 3.8) is 0 Å². The van der Waals surface area contributed by atoms with E-state index in [4.69, 9.17) is 11.6 Å². The molecule has 0 N–H and O–H groups in total. The van der Waals surface area contributed by atoms with Crippen LogP contribution >= 0.6 is 11.6 Å². The third-order valence-electron chi connectivity index (χ3n) is 3.46. The molecule has 0 saturated carbocycles. The average molecular weight is 313 g/mol. The van der Waals surface area contributed by atoms with Crippen LogP contribution in [0.3, 0.4) is 0 Å². The number of hydrogen-bond acceptors (Lipinski definition) is 3. The van der Waals surface area contributed by atoms with Crippen LogP contribution in [0.1, 0.15) is 23.0 Å². The van der Waals surface area contributed by atoms with Crippen molar-refractivity contribution < 1.29 is 4.79 Å². The second-order valence-electron chi connectivity index (χ2n) is 5.03. The maximum absolute atomic E-state index is 12.3. The SMILES string of the molecule is CC(=O)n1nc(Cc2ccc(Cl)cc2)c2ccccc2c1=O. The first-order valence-electron chi connectivity index (χ1n) is 6.82. The molecule has 22 heavy (non-hydrogen) atoms. The lowest BCUT2D eigenvalue weighted by Gasteiger charge is -2.09. The minimum Gasteiger partial charge on any atom is -0.273 e. The maximum atomic E-state index is 12.3. The molecular formula is C17H13ClN2O2. The highest BCUT2D eigenvalue weighted by Gasteiger charge is 2.12. The van der Waals surface area contributed by atoms with Gasteiger partial charge in [0.1, 0.15) is 0 Å². The predicted molar refractivity (Wildman–Crippen MR) is 86.6 cm³/mol. The largest absolute Gasteiger partial charge is 0.281 e. The molecular weight excluding hydrogens is 300 g/mol. The fourth-order valence-electron chi connectivity index (χ4n) is 2.39. The van der Waals surface area contributed by atoms with Crippen molar-refractivity contribution in [2.75, 3.05) is 0 Å². The number of halogens is 1. The first-order chi connectivity index (χ1) is 10.6. The first kappa shape index (κ1) is 14.5. The van der Waals surface area contributed by atoms with Crippen LogP contribution in [-0.2, 0) is 6.42 Å². The molecule has 0 saturated heterocycles. The van der Waals surface area contributed by atoms with Crippen molar-refractivity contribution in [3.8, 4) is 0 Å². The van der Waals surface area contributed by atoms with Crippen LogP contribution in [-0.4, -0.2) is 15.7 Å². The van der Waals surface area contributed by atoms with E-state index in [-0.39, 0.29) is 5.56 Å². The molecule has 3 aromatic rings. The summed E-state index contributed by atoms with van der Waals surface area (Å²) in [6.07, 6.45) is 0.519. The Balaban J connectivity index is 2.19. The van der Waals surface area contributed by atoms with E-state index in [0.717, 1.165) is 15.6 Å². The molecule has 0 amide bonds. The summed E-state index contributed by atoms with van der Waals surface area (Å²) in [6, 6.07) is 14.6. The quantitative estimate of drug-likeness (QED) is 0.729. The molecule has 0 aliphatic carbocycles. The molecule has 3 rings (SSSR count). The Morgan fingerprint density at radius 2 is 1.73 bits per heavy atom. The number of carbonyl (C=O) groups excluding carboxylic acids is 1. The van der Waals surface area contributed by atoms with Crippen molar-refractivity contribution in [1.82, 2.24) is 9.78 Å². The van der Waals surface area contributed by atoms with E-state index in [1.807, 2.05) is 24.3 Å². The molecule has 0 spiro atoms. The number of hydrogen-bond donors (Lipinski definition) is 0. The van der Waals surface area contributed by atoms with Gasteiger partial charge >= 0.3 is 0 Å². The minimum absolute atomic E-state index is 0.386. The Morgan fingerprint density at radius 3 is 2.36 bits per heavy atom. The number of carbonyl (C=O) groups is 1. The average Bonchev–Trinajstić information content (AvgIpc) is 2.52. The first-order valence-corrected chi connectivity index (χ1v) is 7.20. The summed E-state index contributed by atoms with van der Waals surface area (Å²) in [7, 11) is 0. The molecule has 0 atom stereocenters. The Hall–Kier alpha value is -2.46. The Labute approximate surface area is 132 Å². The molecule has 110 valence electrons. The van der Waals surface area contributed by atoms with Gasteiger partial charge in [-0.2, -0.15) is 9.78 Å². The molecule has 0 unspecified atom stereocenters. The number of nitrogens with zero attached hydrogens (tertiary/aromatic N) is 2. The van der Waals surface area contributed by atoms with Crippen molar-refractivity contribution in [1.29, 1.82) is 0 Å². The van der Waals surface area contributed by atoms with Gasteiger partial charge in [0.15, 0.2) is 0 Å². The van der Waals surface area contributed by atoms with Gasteiger partial charge in [0, 0.05) is 23.8 Å². The minimum atomic E-state index is -0.395. The Morgan fingerprint density at radius 1 is 1.09 bits per heavy atom. The van der Waals surface area contributed by atoms with Gasteiger partial charge in [-0.3, -0.25) is 9.59 Å². The topological polar surface area (TPSA) is 52.0 Å². The Bertz CT molecular complexity index is 914. The number of rotatable bonds is 2. The zero-order chi connectivity index (χ0) is 15.7. The van der Waals surface area contributed by atoms with E-state index >= 15 is 0 Å². The summed E-state index contributed by atoms with van der Waals surface area (Å²) in [5.41, 5.74) is 1.31. The van der Waals surface area contributed by atoms with Gasteiger partial charge in [0.05, 0.1) is 11.1 Å². The van der Waals surface area contributed by atoms with Gasteiger partial charge in [-0.15, -0.1) is 0 Å². The molecule has 2 aromatic carbocycles. The molecule has 4 nitrogen and oxygen atoms in total. The van der Waals surface area contributed by atoms with Crippen LogP contribution in [0.4, 0.5) is 0 Å². The summed E-state index contributed by atoms with van der Waals surface area (Å²) >= 11 is 5.89. The molecule has 1 heterocycles. The van der Waals surface area contributed by atoms with Crippen molar-refractivity contribution in [2.45, 2.75) is 13.3 Å². The van der Waals surface area contributed by atoms with Crippen molar-refractivity contribution in [3.05, 3.63) is 75.2 Å². The highest BCUT2D eigenvalue weighted by molar-refractivity contribution is 6.30. The zero-order valence-electron chi connectivity index (χ0n) is 11.9.